The van der Waals surface area contributed by atoms with E-state index in [1.54, 1.807) is 14.2 Å². The smallest absolute Gasteiger partial charge is 0.223 e. The van der Waals surface area contributed by atoms with Crippen molar-refractivity contribution in [2.45, 2.75) is 84.3 Å². The quantitative estimate of drug-likeness (QED) is 0.255. The van der Waals surface area contributed by atoms with E-state index in [0.29, 0.717) is 44.4 Å². The monoisotopic (exact) mass is 507 g/mol. The number of hydrogen-bond donors (Lipinski definition) is 3. The number of aliphatic hydroxyl groups is 2. The summed E-state index contributed by atoms with van der Waals surface area (Å²) in [5.41, 5.74) is 0.472. The molecule has 2 rings (SSSR count). The van der Waals surface area contributed by atoms with E-state index in [2.05, 4.69) is 31.3 Å². The summed E-state index contributed by atoms with van der Waals surface area (Å²) in [4.78, 5) is 12.7. The Morgan fingerprint density at radius 2 is 1.78 bits per heavy atom. The van der Waals surface area contributed by atoms with Crippen molar-refractivity contribution in [1.29, 1.82) is 0 Å². The van der Waals surface area contributed by atoms with Gasteiger partial charge in [-0.05, 0) is 74.0 Å². The summed E-state index contributed by atoms with van der Waals surface area (Å²) in [6, 6.07) is 6.10. The van der Waals surface area contributed by atoms with Gasteiger partial charge in [0.25, 0.3) is 0 Å². The maximum atomic E-state index is 12.7. The van der Waals surface area contributed by atoms with Crippen LogP contribution >= 0.6 is 0 Å². The second-order valence-corrected chi connectivity index (χ2v) is 11.1. The van der Waals surface area contributed by atoms with Gasteiger partial charge in [-0.15, -0.1) is 0 Å². The lowest BCUT2D eigenvalue weighted by Gasteiger charge is -2.26. The summed E-state index contributed by atoms with van der Waals surface area (Å²) in [7, 11) is 3.33. The average Bonchev–Trinajstić information content (AvgIpc) is 3.58. The predicted molar refractivity (Wildman–Crippen MR) is 142 cm³/mol. The van der Waals surface area contributed by atoms with Gasteiger partial charge in [-0.2, -0.15) is 0 Å². The Balaban J connectivity index is 1.92. The molecule has 206 valence electrons. The number of nitrogens with one attached hydrogen (secondary N) is 1. The molecule has 1 amide bonds. The van der Waals surface area contributed by atoms with E-state index in [4.69, 9.17) is 14.2 Å². The van der Waals surface area contributed by atoms with Crippen LogP contribution in [0.1, 0.15) is 71.8 Å². The Bertz CT molecular complexity index is 792. The van der Waals surface area contributed by atoms with Crippen LogP contribution < -0.4 is 14.8 Å². The van der Waals surface area contributed by atoms with Crippen LogP contribution in [0.3, 0.4) is 0 Å². The molecule has 0 spiro atoms. The fraction of sp³-hybridized carbons (Fsp3) is 0.759. The zero-order valence-corrected chi connectivity index (χ0v) is 23.2. The summed E-state index contributed by atoms with van der Waals surface area (Å²) < 4.78 is 16.5. The molecule has 1 fully saturated rings. The van der Waals surface area contributed by atoms with E-state index in [1.165, 1.54) is 5.56 Å². The van der Waals surface area contributed by atoms with E-state index in [0.717, 1.165) is 43.6 Å². The highest BCUT2D eigenvalue weighted by Gasteiger charge is 2.41. The highest BCUT2D eigenvalue weighted by Crippen LogP contribution is 2.34. The molecule has 0 radical (unpaired) electrons. The summed E-state index contributed by atoms with van der Waals surface area (Å²) in [6.45, 7) is 9.99. The maximum Gasteiger partial charge on any atom is 0.223 e. The minimum Gasteiger partial charge on any atom is -0.493 e. The zero-order valence-electron chi connectivity index (χ0n) is 23.2. The summed E-state index contributed by atoms with van der Waals surface area (Å²) in [6.07, 6.45) is 4.62. The first kappa shape index (κ1) is 30.4. The standard InChI is InChI=1S/C29H49NO6/c1-20(2)23(16-22-8-11-26(35-6)27(17-22)36-15-7-14-34-5)9-10-24(31)18-25(21(3)4)28(32)30-19-29(33)12-13-29/h8,11,17,20-21,23-25,31,33H,7,9-10,12-16,18-19H2,1-6H3,(H,30,32)/t23?,24-,25?/m1/s1. The fourth-order valence-electron chi connectivity index (χ4n) is 4.52. The summed E-state index contributed by atoms with van der Waals surface area (Å²) in [5, 5.41) is 23.8. The van der Waals surface area contributed by atoms with Gasteiger partial charge in [0.1, 0.15) is 0 Å². The van der Waals surface area contributed by atoms with Gasteiger partial charge in [-0.3, -0.25) is 4.79 Å². The third kappa shape index (κ3) is 10.3. The van der Waals surface area contributed by atoms with Crippen molar-refractivity contribution in [2.75, 3.05) is 34.0 Å². The lowest BCUT2D eigenvalue weighted by molar-refractivity contribution is -0.128. The second-order valence-electron chi connectivity index (χ2n) is 11.1. The van der Waals surface area contributed by atoms with Crippen LogP contribution in [0.4, 0.5) is 0 Å². The number of methoxy groups -OCH3 is 2. The SMILES string of the molecule is COCCCOc1cc(CC(CC[C@@H](O)CC(C(=O)NCC2(O)CC2)C(C)C)C(C)C)ccc1OC. The van der Waals surface area contributed by atoms with Crippen molar-refractivity contribution < 1.29 is 29.2 Å². The molecular weight excluding hydrogens is 458 g/mol. The maximum absolute atomic E-state index is 12.7. The number of benzene rings is 1. The number of ether oxygens (including phenoxy) is 3. The van der Waals surface area contributed by atoms with E-state index in [-0.39, 0.29) is 17.7 Å². The van der Waals surface area contributed by atoms with Gasteiger partial charge in [0, 0.05) is 32.6 Å². The molecular formula is C29H49NO6. The molecule has 7 nitrogen and oxygen atoms in total. The highest BCUT2D eigenvalue weighted by atomic mass is 16.5. The van der Waals surface area contributed by atoms with Crippen LogP contribution in [0, 0.1) is 23.7 Å². The highest BCUT2D eigenvalue weighted by molar-refractivity contribution is 5.79. The third-order valence-electron chi connectivity index (χ3n) is 7.38. The molecule has 3 N–H and O–H groups in total. The minimum absolute atomic E-state index is 0.0685. The molecule has 2 unspecified atom stereocenters. The first-order valence-corrected chi connectivity index (χ1v) is 13.5. The number of carbonyl (C=O) groups excluding carboxylic acids is 1. The number of aliphatic hydroxyl groups excluding tert-OH is 1. The number of carbonyl (C=O) groups is 1. The number of hydrogen-bond acceptors (Lipinski definition) is 6. The number of amides is 1. The van der Waals surface area contributed by atoms with E-state index < -0.39 is 11.7 Å². The molecule has 3 atom stereocenters. The van der Waals surface area contributed by atoms with Crippen LogP contribution in [0.25, 0.3) is 0 Å². The molecule has 0 aromatic heterocycles. The average molecular weight is 508 g/mol. The van der Waals surface area contributed by atoms with Crippen LogP contribution in [-0.4, -0.2) is 61.8 Å². The third-order valence-corrected chi connectivity index (χ3v) is 7.38. The molecule has 0 heterocycles. The van der Waals surface area contributed by atoms with Gasteiger partial charge in [-0.1, -0.05) is 33.8 Å². The van der Waals surface area contributed by atoms with Crippen molar-refractivity contribution in [3.8, 4) is 11.5 Å². The van der Waals surface area contributed by atoms with Crippen molar-refractivity contribution in [3.05, 3.63) is 23.8 Å². The van der Waals surface area contributed by atoms with Gasteiger partial charge in [0.15, 0.2) is 11.5 Å². The molecule has 0 bridgehead atoms. The van der Waals surface area contributed by atoms with Gasteiger partial charge < -0.3 is 29.7 Å². The molecule has 1 saturated carbocycles. The Kier molecular flexibility index (Phi) is 12.5. The zero-order chi connectivity index (χ0) is 26.7. The topological polar surface area (TPSA) is 97.2 Å². The largest absolute Gasteiger partial charge is 0.493 e. The number of rotatable bonds is 18. The lowest BCUT2D eigenvalue weighted by Crippen LogP contribution is -2.40. The van der Waals surface area contributed by atoms with Crippen LogP contribution in [0.5, 0.6) is 11.5 Å². The van der Waals surface area contributed by atoms with Crippen LogP contribution in [0.15, 0.2) is 18.2 Å². The molecule has 7 heteroatoms. The van der Waals surface area contributed by atoms with E-state index in [9.17, 15) is 15.0 Å². The summed E-state index contributed by atoms with van der Waals surface area (Å²) in [5.74, 6) is 2.10. The van der Waals surface area contributed by atoms with Crippen molar-refractivity contribution in [1.82, 2.24) is 5.32 Å². The molecule has 1 aliphatic carbocycles. The molecule has 0 saturated heterocycles. The van der Waals surface area contributed by atoms with Crippen molar-refractivity contribution in [2.24, 2.45) is 23.7 Å². The van der Waals surface area contributed by atoms with E-state index in [1.807, 2.05) is 19.9 Å². The molecule has 1 aliphatic rings. The van der Waals surface area contributed by atoms with Gasteiger partial charge in [-0.25, -0.2) is 0 Å². The van der Waals surface area contributed by atoms with Crippen molar-refractivity contribution in [3.63, 3.8) is 0 Å². The lowest BCUT2D eigenvalue weighted by atomic mass is 9.82. The van der Waals surface area contributed by atoms with Crippen LogP contribution in [0.2, 0.25) is 0 Å². The Hall–Kier alpha value is -1.83. The fourth-order valence-corrected chi connectivity index (χ4v) is 4.52. The second kappa shape index (κ2) is 14.8. The van der Waals surface area contributed by atoms with E-state index >= 15 is 0 Å². The Labute approximate surface area is 217 Å². The van der Waals surface area contributed by atoms with Gasteiger partial charge in [0.2, 0.25) is 5.91 Å². The Morgan fingerprint density at radius 1 is 1.06 bits per heavy atom. The summed E-state index contributed by atoms with van der Waals surface area (Å²) >= 11 is 0. The van der Waals surface area contributed by atoms with Crippen molar-refractivity contribution >= 4 is 5.91 Å². The van der Waals surface area contributed by atoms with Crippen LogP contribution in [-0.2, 0) is 16.0 Å². The predicted octanol–water partition coefficient (Wildman–Crippen LogP) is 4.37. The minimum atomic E-state index is -0.712. The molecule has 0 aliphatic heterocycles. The molecule has 1 aromatic rings. The normalized spacial score (nSPS) is 17.1. The van der Waals surface area contributed by atoms with Gasteiger partial charge in [0.05, 0.1) is 25.4 Å². The first-order chi connectivity index (χ1) is 17.1. The first-order valence-electron chi connectivity index (χ1n) is 13.5. The Morgan fingerprint density at radius 3 is 2.36 bits per heavy atom. The molecule has 36 heavy (non-hydrogen) atoms. The molecule has 1 aromatic carbocycles. The van der Waals surface area contributed by atoms with Gasteiger partial charge >= 0.3 is 0 Å².